The summed E-state index contributed by atoms with van der Waals surface area (Å²) in [5.41, 5.74) is 1.24. The maximum atomic E-state index is 12.6. The number of carbonyl (C=O) groups is 3. The molecule has 0 saturated heterocycles. The van der Waals surface area contributed by atoms with Gasteiger partial charge in [0.05, 0.1) is 24.9 Å². The van der Waals surface area contributed by atoms with Crippen LogP contribution in [-0.2, 0) is 14.3 Å². The average molecular weight is 319 g/mol. The minimum Gasteiger partial charge on any atom is -0.469 e. The van der Waals surface area contributed by atoms with Crippen molar-refractivity contribution < 1.29 is 19.1 Å². The number of urea groups is 1. The van der Waals surface area contributed by atoms with Gasteiger partial charge in [0.25, 0.3) is 0 Å². The molecule has 0 fully saturated rings. The first-order chi connectivity index (χ1) is 11.0. The summed E-state index contributed by atoms with van der Waals surface area (Å²) in [4.78, 5) is 37.5. The lowest BCUT2D eigenvalue weighted by Crippen LogP contribution is -2.56. The molecular weight excluding hydrogens is 298 g/mol. The van der Waals surface area contributed by atoms with Crippen LogP contribution >= 0.6 is 0 Å². The van der Waals surface area contributed by atoms with E-state index in [-0.39, 0.29) is 24.8 Å². The van der Waals surface area contributed by atoms with Crippen LogP contribution in [0.5, 0.6) is 0 Å². The van der Waals surface area contributed by atoms with Gasteiger partial charge in [-0.05, 0) is 18.1 Å². The Balaban J connectivity index is 2.22. The molecule has 0 bridgehead atoms. The molecular formula is C16H21N3O4. The van der Waals surface area contributed by atoms with E-state index in [0.717, 1.165) is 0 Å². The number of hydrogen-bond donors (Lipinski definition) is 2. The number of benzene rings is 1. The fourth-order valence-electron chi connectivity index (χ4n) is 2.56. The lowest BCUT2D eigenvalue weighted by atomic mass is 9.98. The van der Waals surface area contributed by atoms with Crippen molar-refractivity contribution in [1.82, 2.24) is 5.32 Å². The van der Waals surface area contributed by atoms with E-state index in [2.05, 4.69) is 15.4 Å². The first kappa shape index (κ1) is 16.8. The quantitative estimate of drug-likeness (QED) is 0.828. The number of nitrogens with one attached hydrogen (secondary N) is 2. The van der Waals surface area contributed by atoms with E-state index in [1.54, 1.807) is 18.2 Å². The van der Waals surface area contributed by atoms with E-state index in [4.69, 9.17) is 0 Å². The third-order valence-electron chi connectivity index (χ3n) is 3.65. The Hall–Kier alpha value is -2.57. The molecule has 1 atom stereocenters. The number of rotatable bonds is 4. The van der Waals surface area contributed by atoms with Gasteiger partial charge in [0.15, 0.2) is 0 Å². The van der Waals surface area contributed by atoms with Crippen LogP contribution < -0.4 is 15.5 Å². The van der Waals surface area contributed by atoms with Gasteiger partial charge in [-0.1, -0.05) is 26.0 Å². The summed E-state index contributed by atoms with van der Waals surface area (Å²) in [5, 5.41) is 5.49. The van der Waals surface area contributed by atoms with Crippen molar-refractivity contribution in [1.29, 1.82) is 0 Å². The van der Waals surface area contributed by atoms with E-state index in [1.165, 1.54) is 12.0 Å². The number of esters is 1. The summed E-state index contributed by atoms with van der Waals surface area (Å²) < 4.78 is 4.54. The van der Waals surface area contributed by atoms with Crippen molar-refractivity contribution in [2.24, 2.45) is 5.92 Å². The Morgan fingerprint density at radius 3 is 2.70 bits per heavy atom. The van der Waals surface area contributed by atoms with Crippen LogP contribution in [0.1, 0.15) is 20.3 Å². The van der Waals surface area contributed by atoms with Crippen LogP contribution in [0.25, 0.3) is 0 Å². The van der Waals surface area contributed by atoms with E-state index in [9.17, 15) is 14.4 Å². The van der Waals surface area contributed by atoms with Crippen LogP contribution in [0.4, 0.5) is 16.2 Å². The van der Waals surface area contributed by atoms with E-state index < -0.39 is 18.0 Å². The summed E-state index contributed by atoms with van der Waals surface area (Å²) >= 11 is 0. The Morgan fingerprint density at radius 2 is 2.04 bits per heavy atom. The zero-order valence-electron chi connectivity index (χ0n) is 13.5. The second-order valence-corrected chi connectivity index (χ2v) is 5.62. The highest BCUT2D eigenvalue weighted by Crippen LogP contribution is 2.33. The van der Waals surface area contributed by atoms with Crippen molar-refractivity contribution in [3.8, 4) is 0 Å². The molecule has 7 heteroatoms. The maximum Gasteiger partial charge on any atom is 0.322 e. The van der Waals surface area contributed by atoms with Gasteiger partial charge in [-0.15, -0.1) is 0 Å². The normalized spacial score (nSPS) is 16.6. The molecule has 7 nitrogen and oxygen atoms in total. The summed E-state index contributed by atoms with van der Waals surface area (Å²) in [7, 11) is 1.30. The van der Waals surface area contributed by atoms with Crippen molar-refractivity contribution in [2.45, 2.75) is 26.3 Å². The number of anilines is 2. The molecule has 1 heterocycles. The lowest BCUT2D eigenvalue weighted by Gasteiger charge is -2.38. The van der Waals surface area contributed by atoms with Crippen LogP contribution in [0.2, 0.25) is 0 Å². The highest BCUT2D eigenvalue weighted by molar-refractivity contribution is 6.11. The molecule has 0 aromatic heterocycles. The summed E-state index contributed by atoms with van der Waals surface area (Å²) in [5.74, 6) is -0.681. The molecule has 23 heavy (non-hydrogen) atoms. The van der Waals surface area contributed by atoms with Crippen molar-refractivity contribution in [3.05, 3.63) is 24.3 Å². The molecule has 1 aromatic rings. The van der Waals surface area contributed by atoms with Gasteiger partial charge < -0.3 is 15.4 Å². The third kappa shape index (κ3) is 3.61. The zero-order valence-corrected chi connectivity index (χ0v) is 13.5. The highest BCUT2D eigenvalue weighted by Gasteiger charge is 2.38. The van der Waals surface area contributed by atoms with Crippen molar-refractivity contribution in [2.75, 3.05) is 23.9 Å². The second kappa shape index (κ2) is 7.13. The summed E-state index contributed by atoms with van der Waals surface area (Å²) in [6.07, 6.45) is 0.0796. The van der Waals surface area contributed by atoms with E-state index >= 15 is 0 Å². The molecule has 0 aliphatic carbocycles. The summed E-state index contributed by atoms with van der Waals surface area (Å²) in [6, 6.07) is 6.12. The summed E-state index contributed by atoms with van der Waals surface area (Å²) in [6.45, 7) is 3.91. The van der Waals surface area contributed by atoms with Gasteiger partial charge in [0.1, 0.15) is 6.04 Å². The number of nitrogens with zero attached hydrogens (tertiary/aromatic N) is 1. The van der Waals surface area contributed by atoms with E-state index in [0.29, 0.717) is 11.4 Å². The Kier molecular flexibility index (Phi) is 5.20. The number of carbonyl (C=O) groups excluding carboxylic acids is 3. The number of ether oxygens (including phenoxy) is 1. The molecule has 2 N–H and O–H groups in total. The SMILES string of the molecule is COC(=O)CCNC(=O)N1c2ccccc2NC(=O)[C@@H]1C(C)C. The number of para-hydroxylation sites is 2. The molecule has 0 saturated carbocycles. The third-order valence-corrected chi connectivity index (χ3v) is 3.65. The molecule has 1 aliphatic heterocycles. The minimum atomic E-state index is -0.608. The predicted molar refractivity (Wildman–Crippen MR) is 86.2 cm³/mol. The van der Waals surface area contributed by atoms with E-state index in [1.807, 2.05) is 19.9 Å². The number of methoxy groups -OCH3 is 1. The molecule has 0 radical (unpaired) electrons. The fraction of sp³-hybridized carbons (Fsp3) is 0.438. The van der Waals surface area contributed by atoms with Gasteiger partial charge in [-0.3, -0.25) is 14.5 Å². The Labute approximate surface area is 135 Å². The standard InChI is InChI=1S/C16H21N3O4/c1-10(2)14-15(21)18-11-6-4-5-7-12(11)19(14)16(22)17-9-8-13(20)23-3/h4-7,10,14H,8-9H2,1-3H3,(H,17,22)(H,18,21)/t14-/m0/s1. The highest BCUT2D eigenvalue weighted by atomic mass is 16.5. The maximum absolute atomic E-state index is 12.6. The minimum absolute atomic E-state index is 0.0605. The molecule has 1 aromatic carbocycles. The predicted octanol–water partition coefficient (Wildman–Crippen LogP) is 1.74. The van der Waals surface area contributed by atoms with Gasteiger partial charge in [0.2, 0.25) is 5.91 Å². The Morgan fingerprint density at radius 1 is 1.35 bits per heavy atom. The first-order valence-corrected chi connectivity index (χ1v) is 7.49. The number of hydrogen-bond acceptors (Lipinski definition) is 4. The van der Waals surface area contributed by atoms with Gasteiger partial charge >= 0.3 is 12.0 Å². The van der Waals surface area contributed by atoms with Crippen LogP contribution in [0.3, 0.4) is 0 Å². The number of fused-ring (bicyclic) bond motifs is 1. The molecule has 1 aliphatic rings. The van der Waals surface area contributed by atoms with Crippen LogP contribution in [-0.4, -0.2) is 37.6 Å². The molecule has 0 unspecified atom stereocenters. The average Bonchev–Trinajstić information content (AvgIpc) is 2.52. The zero-order chi connectivity index (χ0) is 17.0. The second-order valence-electron chi connectivity index (χ2n) is 5.62. The van der Waals surface area contributed by atoms with Gasteiger partial charge in [-0.25, -0.2) is 4.79 Å². The molecule has 3 amide bonds. The van der Waals surface area contributed by atoms with Gasteiger partial charge in [0, 0.05) is 6.54 Å². The van der Waals surface area contributed by atoms with Crippen LogP contribution in [0.15, 0.2) is 24.3 Å². The fourth-order valence-corrected chi connectivity index (χ4v) is 2.56. The van der Waals surface area contributed by atoms with Crippen LogP contribution in [0, 0.1) is 5.92 Å². The molecule has 124 valence electrons. The topological polar surface area (TPSA) is 87.7 Å². The lowest BCUT2D eigenvalue weighted by molar-refractivity contribution is -0.140. The number of amides is 3. The van der Waals surface area contributed by atoms with Crippen molar-refractivity contribution in [3.63, 3.8) is 0 Å². The Bertz CT molecular complexity index is 615. The monoisotopic (exact) mass is 319 g/mol. The largest absolute Gasteiger partial charge is 0.469 e. The van der Waals surface area contributed by atoms with Crippen molar-refractivity contribution >= 4 is 29.3 Å². The van der Waals surface area contributed by atoms with Gasteiger partial charge in [-0.2, -0.15) is 0 Å². The molecule has 0 spiro atoms. The molecule has 2 rings (SSSR count). The smallest absolute Gasteiger partial charge is 0.322 e. The first-order valence-electron chi connectivity index (χ1n) is 7.49.